The zero-order valence-corrected chi connectivity index (χ0v) is 25.8. The fourth-order valence-corrected chi connectivity index (χ4v) is 6.53. The number of hydrogen-bond donors (Lipinski definition) is 2. The van der Waals surface area contributed by atoms with Crippen LogP contribution in [-0.4, -0.2) is 55.8 Å². The molecule has 2 N–H and O–H groups in total. The molecule has 1 atom stereocenters. The Morgan fingerprint density at radius 1 is 1.09 bits per heavy atom. The third-order valence-corrected chi connectivity index (χ3v) is 9.52. The topological polar surface area (TPSA) is 131 Å². The molecule has 2 heterocycles. The van der Waals surface area contributed by atoms with Gasteiger partial charge in [0.15, 0.2) is 5.69 Å². The fraction of sp³-hybridized carbons (Fsp3) is 0.633. The number of unbranched alkanes of at least 4 members (excludes halogenated alkanes) is 1. The quantitative estimate of drug-likeness (QED) is 0.262. The van der Waals surface area contributed by atoms with E-state index in [1.807, 2.05) is 0 Å². The molecule has 4 rings (SSSR count). The van der Waals surface area contributed by atoms with Gasteiger partial charge in [0.1, 0.15) is 12.0 Å². The fourth-order valence-electron chi connectivity index (χ4n) is 6.01. The number of nitrogens with one attached hydrogen (secondary N) is 2. The lowest BCUT2D eigenvalue weighted by Crippen LogP contribution is -2.40. The highest BCUT2D eigenvalue weighted by Crippen LogP contribution is 2.34. The molecule has 1 saturated carbocycles. The lowest BCUT2D eigenvalue weighted by molar-refractivity contribution is -0.120. The Kier molecular flexibility index (Phi) is 11.7. The maximum absolute atomic E-state index is 12.7. The van der Waals surface area contributed by atoms with E-state index in [0.717, 1.165) is 41.9 Å². The summed E-state index contributed by atoms with van der Waals surface area (Å²) in [5.74, 6) is 0.270. The van der Waals surface area contributed by atoms with E-state index in [1.54, 1.807) is 18.2 Å². The lowest BCUT2D eigenvalue weighted by atomic mass is 9.86. The first-order valence-corrected chi connectivity index (χ1v) is 16.7. The van der Waals surface area contributed by atoms with Crippen molar-refractivity contribution in [2.45, 2.75) is 95.1 Å². The van der Waals surface area contributed by atoms with Gasteiger partial charge in [-0.05, 0) is 61.4 Å². The van der Waals surface area contributed by atoms with Gasteiger partial charge in [0.25, 0.3) is 5.91 Å². The SMILES string of the molecule is COc1ccc(CCC(=O)NS(=O)(=O)C(F)(F)F)c(CN2CCCC2c2nc(C(=O)NCCCCC3CCCCC3)co2)c1. The molecule has 1 aromatic heterocycles. The molecule has 10 nitrogen and oxygen atoms in total. The monoisotopic (exact) mass is 642 g/mol. The largest absolute Gasteiger partial charge is 0.516 e. The summed E-state index contributed by atoms with van der Waals surface area (Å²) in [6.45, 7) is 1.68. The highest BCUT2D eigenvalue weighted by Gasteiger charge is 2.46. The molecule has 2 amide bonds. The molecule has 44 heavy (non-hydrogen) atoms. The highest BCUT2D eigenvalue weighted by atomic mass is 32.2. The van der Waals surface area contributed by atoms with Crippen molar-refractivity contribution in [2.75, 3.05) is 20.2 Å². The number of aryl methyl sites for hydroxylation is 1. The summed E-state index contributed by atoms with van der Waals surface area (Å²) in [4.78, 5) is 31.3. The van der Waals surface area contributed by atoms with E-state index in [-0.39, 0.29) is 24.1 Å². The molecule has 2 fully saturated rings. The average molecular weight is 643 g/mol. The number of rotatable bonds is 14. The maximum Gasteiger partial charge on any atom is 0.516 e. The van der Waals surface area contributed by atoms with Gasteiger partial charge in [0, 0.05) is 19.5 Å². The first-order valence-electron chi connectivity index (χ1n) is 15.2. The van der Waals surface area contributed by atoms with Gasteiger partial charge in [0.05, 0.1) is 13.2 Å². The van der Waals surface area contributed by atoms with Crippen LogP contribution in [0.15, 0.2) is 28.9 Å². The van der Waals surface area contributed by atoms with E-state index in [4.69, 9.17) is 9.15 Å². The number of aromatic nitrogens is 1. The Bertz CT molecular complexity index is 1370. The molecule has 14 heteroatoms. The Morgan fingerprint density at radius 2 is 1.86 bits per heavy atom. The molecular formula is C30H41F3N4O6S. The normalized spacial score (nSPS) is 18.3. The van der Waals surface area contributed by atoms with Crippen molar-refractivity contribution in [1.82, 2.24) is 19.9 Å². The minimum absolute atomic E-state index is 0.0149. The minimum atomic E-state index is -5.77. The number of amides is 2. The number of likely N-dealkylation sites (tertiary alicyclic amines) is 1. The van der Waals surface area contributed by atoms with Crippen LogP contribution in [0.2, 0.25) is 0 Å². The molecular weight excluding hydrogens is 601 g/mol. The summed E-state index contributed by atoms with van der Waals surface area (Å²) in [7, 11) is -4.27. The summed E-state index contributed by atoms with van der Waals surface area (Å²) >= 11 is 0. The van der Waals surface area contributed by atoms with E-state index in [9.17, 15) is 31.2 Å². The number of halogens is 3. The van der Waals surface area contributed by atoms with Gasteiger partial charge in [-0.25, -0.2) is 9.71 Å². The maximum atomic E-state index is 12.7. The van der Waals surface area contributed by atoms with Crippen molar-refractivity contribution in [1.29, 1.82) is 0 Å². The predicted octanol–water partition coefficient (Wildman–Crippen LogP) is 5.40. The molecule has 2 aromatic rings. The first-order chi connectivity index (χ1) is 21.0. The van der Waals surface area contributed by atoms with Gasteiger partial charge in [-0.2, -0.15) is 21.6 Å². The van der Waals surface area contributed by atoms with Crippen LogP contribution in [0.3, 0.4) is 0 Å². The molecule has 1 aliphatic carbocycles. The molecule has 0 spiro atoms. The second-order valence-corrected chi connectivity index (χ2v) is 13.2. The van der Waals surface area contributed by atoms with E-state index < -0.39 is 27.9 Å². The predicted molar refractivity (Wildman–Crippen MR) is 156 cm³/mol. The van der Waals surface area contributed by atoms with Crippen molar-refractivity contribution in [2.24, 2.45) is 5.92 Å². The molecule has 2 aliphatic rings. The van der Waals surface area contributed by atoms with Gasteiger partial charge in [-0.1, -0.05) is 51.0 Å². The van der Waals surface area contributed by atoms with Crippen LogP contribution in [0.1, 0.15) is 104 Å². The van der Waals surface area contributed by atoms with E-state index in [1.165, 1.54) is 51.9 Å². The van der Waals surface area contributed by atoms with Crippen molar-refractivity contribution in [3.8, 4) is 5.75 Å². The third kappa shape index (κ3) is 9.19. The third-order valence-electron chi connectivity index (χ3n) is 8.41. The summed E-state index contributed by atoms with van der Waals surface area (Å²) in [5, 5.41) is 2.94. The number of nitrogens with zero attached hydrogens (tertiary/aromatic N) is 2. The summed E-state index contributed by atoms with van der Waals surface area (Å²) < 4.78 is 72.6. The van der Waals surface area contributed by atoms with Crippen LogP contribution in [0, 0.1) is 5.92 Å². The van der Waals surface area contributed by atoms with Crippen LogP contribution in [0.5, 0.6) is 5.75 Å². The zero-order chi connectivity index (χ0) is 31.7. The van der Waals surface area contributed by atoms with Crippen LogP contribution in [0.25, 0.3) is 0 Å². The van der Waals surface area contributed by atoms with Gasteiger partial charge >= 0.3 is 15.5 Å². The molecule has 244 valence electrons. The van der Waals surface area contributed by atoms with Crippen molar-refractivity contribution in [3.63, 3.8) is 0 Å². The number of ether oxygens (including phenoxy) is 1. The summed E-state index contributed by atoms with van der Waals surface area (Å²) in [6.07, 6.45) is 12.4. The van der Waals surface area contributed by atoms with Crippen molar-refractivity contribution >= 4 is 21.8 Å². The highest BCUT2D eigenvalue weighted by molar-refractivity contribution is 7.90. The Hall–Kier alpha value is -3.13. The van der Waals surface area contributed by atoms with Crippen LogP contribution in [-0.2, 0) is 27.8 Å². The van der Waals surface area contributed by atoms with E-state index in [2.05, 4.69) is 15.2 Å². The van der Waals surface area contributed by atoms with E-state index in [0.29, 0.717) is 36.8 Å². The summed E-state index contributed by atoms with van der Waals surface area (Å²) in [5.41, 5.74) is -3.93. The number of oxazole rings is 1. The van der Waals surface area contributed by atoms with Crippen molar-refractivity contribution in [3.05, 3.63) is 47.2 Å². The van der Waals surface area contributed by atoms with E-state index >= 15 is 0 Å². The number of carbonyl (C=O) groups is 2. The Labute approximate surface area is 256 Å². The number of benzene rings is 1. The lowest BCUT2D eigenvalue weighted by Gasteiger charge is -2.24. The number of sulfonamides is 1. The van der Waals surface area contributed by atoms with Gasteiger partial charge in [-0.3, -0.25) is 14.5 Å². The van der Waals surface area contributed by atoms with Crippen LogP contribution >= 0.6 is 0 Å². The minimum Gasteiger partial charge on any atom is -0.497 e. The first kappa shape index (κ1) is 33.8. The second kappa shape index (κ2) is 15.2. The number of carbonyl (C=O) groups excluding carboxylic acids is 2. The smallest absolute Gasteiger partial charge is 0.497 e. The Morgan fingerprint density at radius 3 is 2.59 bits per heavy atom. The molecule has 1 unspecified atom stereocenters. The molecule has 0 radical (unpaired) electrons. The second-order valence-electron chi connectivity index (χ2n) is 11.6. The molecule has 1 saturated heterocycles. The zero-order valence-electron chi connectivity index (χ0n) is 25.0. The molecule has 1 aromatic carbocycles. The standard InChI is InChI=1S/C30H41F3N4O6S/c1-42-24-14-12-22(13-15-27(38)36-44(40,41)30(31,32)33)23(18-24)19-37-17-7-11-26(37)29-35-25(20-43-29)28(39)34-16-6-5-10-21-8-3-2-4-9-21/h12,14,18,20-21,26H,2-11,13,15-17,19H2,1H3,(H,34,39)(H,36,38). The summed E-state index contributed by atoms with van der Waals surface area (Å²) in [6, 6.07) is 4.94. The van der Waals surface area contributed by atoms with Gasteiger partial charge < -0.3 is 14.5 Å². The number of alkyl halides is 3. The van der Waals surface area contributed by atoms with Gasteiger partial charge in [-0.15, -0.1) is 0 Å². The van der Waals surface area contributed by atoms with Crippen molar-refractivity contribution < 1.29 is 40.3 Å². The number of hydrogen-bond acceptors (Lipinski definition) is 8. The average Bonchev–Trinajstić information content (AvgIpc) is 3.66. The van der Waals surface area contributed by atoms with Crippen LogP contribution in [0.4, 0.5) is 13.2 Å². The Balaban J connectivity index is 1.33. The van der Waals surface area contributed by atoms with Crippen LogP contribution < -0.4 is 14.8 Å². The molecule has 1 aliphatic heterocycles. The number of methoxy groups -OCH3 is 1. The molecule has 0 bridgehead atoms. The van der Waals surface area contributed by atoms with Gasteiger partial charge in [0.2, 0.25) is 11.8 Å².